The van der Waals surface area contributed by atoms with E-state index in [1.165, 1.54) is 23.5 Å². The molecule has 2 N–H and O–H groups in total. The Morgan fingerprint density at radius 1 is 1.14 bits per heavy atom. The maximum Gasteiger partial charge on any atom is 0.573 e. The van der Waals surface area contributed by atoms with Crippen LogP contribution in [0.5, 0.6) is 5.75 Å². The zero-order valence-corrected chi connectivity index (χ0v) is 12.3. The van der Waals surface area contributed by atoms with Gasteiger partial charge in [0.15, 0.2) is 5.13 Å². The average Bonchev–Trinajstić information content (AvgIpc) is 2.76. The number of fused-ring (bicyclic) bond motifs is 1. The highest BCUT2D eigenvalue weighted by molar-refractivity contribution is 7.22. The highest BCUT2D eigenvalue weighted by Gasteiger charge is 2.30. The van der Waals surface area contributed by atoms with Gasteiger partial charge in [-0.25, -0.2) is 4.98 Å². The van der Waals surface area contributed by atoms with Gasteiger partial charge in [-0.15, -0.1) is 13.2 Å². The Labute approximate surface area is 128 Å². The van der Waals surface area contributed by atoms with Gasteiger partial charge < -0.3 is 10.5 Å². The number of thiazole rings is 1. The van der Waals surface area contributed by atoms with Gasteiger partial charge >= 0.3 is 6.36 Å². The second-order valence-corrected chi connectivity index (χ2v) is 5.82. The number of halogens is 3. The summed E-state index contributed by atoms with van der Waals surface area (Å²) >= 11 is 1.37. The Bertz CT molecular complexity index is 825. The van der Waals surface area contributed by atoms with Gasteiger partial charge in [0.05, 0.1) is 10.2 Å². The number of hydrogen-bond donors (Lipinski definition) is 1. The fraction of sp³-hybridized carbons (Fsp3) is 0.133. The first kappa shape index (κ1) is 14.6. The number of rotatable bonds is 2. The van der Waals surface area contributed by atoms with Gasteiger partial charge in [0, 0.05) is 0 Å². The summed E-state index contributed by atoms with van der Waals surface area (Å²) in [6.07, 6.45) is -4.68. The largest absolute Gasteiger partial charge is 0.573 e. The van der Waals surface area contributed by atoms with Crippen molar-refractivity contribution in [3.63, 3.8) is 0 Å². The van der Waals surface area contributed by atoms with Crippen LogP contribution in [0.3, 0.4) is 0 Å². The smallest absolute Gasteiger partial charge is 0.406 e. The van der Waals surface area contributed by atoms with Gasteiger partial charge in [0.1, 0.15) is 5.75 Å². The van der Waals surface area contributed by atoms with E-state index in [-0.39, 0.29) is 5.75 Å². The lowest BCUT2D eigenvalue weighted by Crippen LogP contribution is -2.16. The molecule has 0 spiro atoms. The molecule has 0 unspecified atom stereocenters. The third kappa shape index (κ3) is 2.99. The minimum atomic E-state index is -4.68. The van der Waals surface area contributed by atoms with Crippen LogP contribution in [0.1, 0.15) is 5.56 Å². The van der Waals surface area contributed by atoms with Crippen molar-refractivity contribution in [1.29, 1.82) is 0 Å². The summed E-state index contributed by atoms with van der Waals surface area (Å²) < 4.78 is 41.3. The highest BCUT2D eigenvalue weighted by atomic mass is 32.1. The number of ether oxygens (including phenoxy) is 1. The first-order valence-corrected chi connectivity index (χ1v) is 7.16. The fourth-order valence-corrected chi connectivity index (χ4v) is 3.00. The van der Waals surface area contributed by atoms with E-state index < -0.39 is 6.36 Å². The molecule has 7 heteroatoms. The molecule has 0 aliphatic rings. The van der Waals surface area contributed by atoms with Crippen LogP contribution in [0.4, 0.5) is 18.3 Å². The summed E-state index contributed by atoms with van der Waals surface area (Å²) in [6.45, 7) is 1.92. The topological polar surface area (TPSA) is 48.1 Å². The summed E-state index contributed by atoms with van der Waals surface area (Å²) in [4.78, 5) is 4.21. The third-order valence-corrected chi connectivity index (χ3v) is 4.00. The lowest BCUT2D eigenvalue weighted by molar-refractivity contribution is -0.274. The van der Waals surface area contributed by atoms with Crippen LogP contribution in [0.25, 0.3) is 21.3 Å². The number of benzene rings is 2. The predicted octanol–water partition coefficient (Wildman–Crippen LogP) is 4.75. The van der Waals surface area contributed by atoms with Crippen LogP contribution in [0.15, 0.2) is 36.4 Å². The van der Waals surface area contributed by atoms with Crippen molar-refractivity contribution in [2.75, 3.05) is 5.73 Å². The van der Waals surface area contributed by atoms with Gasteiger partial charge in [-0.3, -0.25) is 0 Å². The molecule has 0 bridgehead atoms. The molecule has 0 aliphatic heterocycles. The molecule has 0 atom stereocenters. The quantitative estimate of drug-likeness (QED) is 0.740. The molecule has 2 aromatic carbocycles. The molecule has 3 aromatic rings. The molecule has 114 valence electrons. The molecule has 0 radical (unpaired) electrons. The Morgan fingerprint density at radius 2 is 1.82 bits per heavy atom. The number of aromatic nitrogens is 1. The van der Waals surface area contributed by atoms with E-state index in [2.05, 4.69) is 9.72 Å². The lowest BCUT2D eigenvalue weighted by atomic mass is 10.0. The summed E-state index contributed by atoms with van der Waals surface area (Å²) in [7, 11) is 0. The molecule has 0 aliphatic carbocycles. The Hall–Kier alpha value is -2.28. The Kier molecular flexibility index (Phi) is 3.44. The summed E-state index contributed by atoms with van der Waals surface area (Å²) in [5, 5.41) is 0.487. The molecule has 3 nitrogen and oxygen atoms in total. The normalized spacial score (nSPS) is 11.8. The van der Waals surface area contributed by atoms with E-state index in [0.29, 0.717) is 5.13 Å². The zero-order valence-electron chi connectivity index (χ0n) is 11.4. The number of alkyl halides is 3. The molecule has 0 fully saturated rings. The van der Waals surface area contributed by atoms with Crippen molar-refractivity contribution in [3.8, 4) is 16.9 Å². The van der Waals surface area contributed by atoms with Gasteiger partial charge in [-0.05, 0) is 47.9 Å². The number of hydrogen-bond acceptors (Lipinski definition) is 4. The van der Waals surface area contributed by atoms with Gasteiger partial charge in [0.25, 0.3) is 0 Å². The number of aryl methyl sites for hydroxylation is 1. The second kappa shape index (κ2) is 5.17. The molecule has 3 rings (SSSR count). The SMILES string of the molecule is Cc1cc2nc(N)sc2cc1-c1ccc(OC(F)(F)F)cc1. The molecule has 0 saturated carbocycles. The first-order chi connectivity index (χ1) is 10.3. The Balaban J connectivity index is 1.98. The van der Waals surface area contributed by atoms with Crippen molar-refractivity contribution in [3.05, 3.63) is 42.0 Å². The number of anilines is 1. The molecule has 22 heavy (non-hydrogen) atoms. The van der Waals surface area contributed by atoms with E-state index in [0.717, 1.165) is 26.9 Å². The second-order valence-electron chi connectivity index (χ2n) is 4.76. The van der Waals surface area contributed by atoms with Crippen molar-refractivity contribution in [2.45, 2.75) is 13.3 Å². The number of nitrogen functional groups attached to an aromatic ring is 1. The van der Waals surface area contributed by atoms with E-state index in [9.17, 15) is 13.2 Å². The minimum Gasteiger partial charge on any atom is -0.406 e. The van der Waals surface area contributed by atoms with E-state index in [1.54, 1.807) is 12.1 Å². The number of nitrogens with zero attached hydrogens (tertiary/aromatic N) is 1. The van der Waals surface area contributed by atoms with E-state index in [4.69, 9.17) is 5.73 Å². The van der Waals surface area contributed by atoms with Crippen LogP contribution in [-0.2, 0) is 0 Å². The lowest BCUT2D eigenvalue weighted by Gasteiger charge is -2.10. The van der Waals surface area contributed by atoms with Crippen LogP contribution in [0, 0.1) is 6.92 Å². The van der Waals surface area contributed by atoms with Gasteiger partial charge in [0.2, 0.25) is 0 Å². The molecule has 1 aromatic heterocycles. The van der Waals surface area contributed by atoms with Crippen LogP contribution >= 0.6 is 11.3 Å². The van der Waals surface area contributed by atoms with Gasteiger partial charge in [-0.1, -0.05) is 23.5 Å². The van der Waals surface area contributed by atoms with Crippen LogP contribution in [-0.4, -0.2) is 11.3 Å². The average molecular weight is 324 g/mol. The number of nitrogens with two attached hydrogens (primary N) is 1. The Morgan fingerprint density at radius 3 is 2.45 bits per heavy atom. The van der Waals surface area contributed by atoms with Crippen LogP contribution in [0.2, 0.25) is 0 Å². The highest BCUT2D eigenvalue weighted by Crippen LogP contribution is 2.33. The molecule has 1 heterocycles. The molecule has 0 amide bonds. The van der Waals surface area contributed by atoms with Crippen LogP contribution < -0.4 is 10.5 Å². The third-order valence-electron chi connectivity index (χ3n) is 3.15. The van der Waals surface area contributed by atoms with Gasteiger partial charge in [-0.2, -0.15) is 0 Å². The molecular weight excluding hydrogens is 313 g/mol. The van der Waals surface area contributed by atoms with E-state index in [1.807, 2.05) is 19.1 Å². The predicted molar refractivity (Wildman–Crippen MR) is 80.9 cm³/mol. The summed E-state index contributed by atoms with van der Waals surface area (Å²) in [6, 6.07) is 9.65. The maximum atomic E-state index is 12.2. The maximum absolute atomic E-state index is 12.2. The van der Waals surface area contributed by atoms with Crippen molar-refractivity contribution in [2.24, 2.45) is 0 Å². The fourth-order valence-electron chi connectivity index (χ4n) is 2.24. The standard InChI is InChI=1S/C15H11F3N2OS/c1-8-6-12-13(22-14(19)20-12)7-11(8)9-2-4-10(5-3-9)21-15(16,17)18/h2-7H,1H3,(H2,19,20). The molecule has 0 saturated heterocycles. The minimum absolute atomic E-state index is 0.239. The summed E-state index contributed by atoms with van der Waals surface area (Å²) in [5.74, 6) is -0.239. The van der Waals surface area contributed by atoms with Crippen molar-refractivity contribution >= 4 is 26.7 Å². The summed E-state index contributed by atoms with van der Waals surface area (Å²) in [5.41, 5.74) is 9.22. The van der Waals surface area contributed by atoms with Crippen molar-refractivity contribution in [1.82, 2.24) is 4.98 Å². The monoisotopic (exact) mass is 324 g/mol. The molecular formula is C15H11F3N2OS. The first-order valence-electron chi connectivity index (χ1n) is 6.35. The zero-order chi connectivity index (χ0) is 15.9. The van der Waals surface area contributed by atoms with E-state index >= 15 is 0 Å². The van der Waals surface area contributed by atoms with Crippen molar-refractivity contribution < 1.29 is 17.9 Å².